The Morgan fingerprint density at radius 1 is 1.38 bits per heavy atom. The summed E-state index contributed by atoms with van der Waals surface area (Å²) in [6, 6.07) is 0. The standard InChI is InChI=1S/C13H20BrNS/c1-13(2,3)15-6-9-4-5-10(9)11-7-16-8-12(11)14/h7-10,15H,4-6H2,1-3H3. The summed E-state index contributed by atoms with van der Waals surface area (Å²) in [4.78, 5) is 0. The van der Waals surface area contributed by atoms with Crippen LogP contribution in [0, 0.1) is 5.92 Å². The molecular formula is C13H20BrNS. The third-order valence-electron chi connectivity index (χ3n) is 3.35. The average molecular weight is 302 g/mol. The van der Waals surface area contributed by atoms with E-state index in [9.17, 15) is 0 Å². The van der Waals surface area contributed by atoms with E-state index in [-0.39, 0.29) is 5.54 Å². The molecule has 2 unspecified atom stereocenters. The summed E-state index contributed by atoms with van der Waals surface area (Å²) < 4.78 is 1.31. The molecule has 90 valence electrons. The maximum Gasteiger partial charge on any atom is 0.0317 e. The summed E-state index contributed by atoms with van der Waals surface area (Å²) in [5.41, 5.74) is 1.77. The van der Waals surface area contributed by atoms with Crippen molar-refractivity contribution in [3.63, 3.8) is 0 Å². The summed E-state index contributed by atoms with van der Waals surface area (Å²) >= 11 is 5.45. The molecule has 2 atom stereocenters. The molecule has 1 heterocycles. The molecule has 1 fully saturated rings. The summed E-state index contributed by atoms with van der Waals surface area (Å²) in [7, 11) is 0. The summed E-state index contributed by atoms with van der Waals surface area (Å²) in [5.74, 6) is 1.60. The van der Waals surface area contributed by atoms with Gasteiger partial charge in [-0.25, -0.2) is 0 Å². The second kappa shape index (κ2) is 4.79. The number of hydrogen-bond donors (Lipinski definition) is 1. The lowest BCUT2D eigenvalue weighted by molar-refractivity contribution is 0.225. The maximum atomic E-state index is 3.65. The minimum atomic E-state index is 0.242. The minimum absolute atomic E-state index is 0.242. The van der Waals surface area contributed by atoms with Crippen LogP contribution in [0.5, 0.6) is 0 Å². The molecule has 1 aromatic rings. The Hall–Kier alpha value is 0.140. The van der Waals surface area contributed by atoms with Crippen LogP contribution in [0.1, 0.15) is 45.1 Å². The molecule has 1 aromatic heterocycles. The molecule has 0 aromatic carbocycles. The zero-order valence-electron chi connectivity index (χ0n) is 10.2. The average Bonchev–Trinajstić information content (AvgIpc) is 2.48. The van der Waals surface area contributed by atoms with E-state index in [1.165, 1.54) is 22.9 Å². The van der Waals surface area contributed by atoms with Crippen molar-refractivity contribution >= 4 is 27.3 Å². The predicted molar refractivity (Wildman–Crippen MR) is 75.2 cm³/mol. The van der Waals surface area contributed by atoms with Gasteiger partial charge in [-0.3, -0.25) is 0 Å². The van der Waals surface area contributed by atoms with Gasteiger partial charge in [0.2, 0.25) is 0 Å². The normalized spacial score (nSPS) is 25.5. The largest absolute Gasteiger partial charge is 0.312 e. The number of halogens is 1. The highest BCUT2D eigenvalue weighted by Gasteiger charge is 2.33. The zero-order valence-corrected chi connectivity index (χ0v) is 12.6. The van der Waals surface area contributed by atoms with E-state index in [1.807, 2.05) is 0 Å². The zero-order chi connectivity index (χ0) is 11.8. The smallest absolute Gasteiger partial charge is 0.0317 e. The van der Waals surface area contributed by atoms with E-state index in [1.54, 1.807) is 11.3 Å². The van der Waals surface area contributed by atoms with Crippen molar-refractivity contribution in [2.75, 3.05) is 6.54 Å². The van der Waals surface area contributed by atoms with E-state index < -0.39 is 0 Å². The lowest BCUT2D eigenvalue weighted by Crippen LogP contribution is -2.42. The van der Waals surface area contributed by atoms with Crippen molar-refractivity contribution in [2.24, 2.45) is 5.92 Å². The van der Waals surface area contributed by atoms with Crippen molar-refractivity contribution in [1.29, 1.82) is 0 Å². The van der Waals surface area contributed by atoms with Crippen LogP contribution in [-0.4, -0.2) is 12.1 Å². The third kappa shape index (κ3) is 2.88. The summed E-state index contributed by atoms with van der Waals surface area (Å²) in [5, 5.41) is 8.12. The lowest BCUT2D eigenvalue weighted by atomic mass is 9.70. The van der Waals surface area contributed by atoms with E-state index in [2.05, 4.69) is 52.8 Å². The van der Waals surface area contributed by atoms with Crippen LogP contribution in [0.3, 0.4) is 0 Å². The molecule has 1 aliphatic carbocycles. The molecule has 1 aliphatic rings. The minimum Gasteiger partial charge on any atom is -0.312 e. The topological polar surface area (TPSA) is 12.0 Å². The van der Waals surface area contributed by atoms with E-state index in [4.69, 9.17) is 0 Å². The molecule has 0 saturated heterocycles. The molecular weight excluding hydrogens is 282 g/mol. The van der Waals surface area contributed by atoms with Gasteiger partial charge in [-0.1, -0.05) is 0 Å². The Morgan fingerprint density at radius 2 is 2.12 bits per heavy atom. The highest BCUT2D eigenvalue weighted by atomic mass is 79.9. The van der Waals surface area contributed by atoms with Gasteiger partial charge >= 0.3 is 0 Å². The molecule has 1 nitrogen and oxygen atoms in total. The first-order chi connectivity index (χ1) is 7.47. The first-order valence-electron chi connectivity index (χ1n) is 5.94. The maximum absolute atomic E-state index is 3.65. The van der Waals surface area contributed by atoms with Gasteiger partial charge in [-0.05, 0) is 78.9 Å². The lowest BCUT2D eigenvalue weighted by Gasteiger charge is -2.38. The van der Waals surface area contributed by atoms with Gasteiger partial charge in [0.15, 0.2) is 0 Å². The molecule has 1 saturated carbocycles. The van der Waals surface area contributed by atoms with Crippen LogP contribution in [0.2, 0.25) is 0 Å². The van der Waals surface area contributed by atoms with Crippen LogP contribution in [0.25, 0.3) is 0 Å². The fraction of sp³-hybridized carbons (Fsp3) is 0.692. The van der Waals surface area contributed by atoms with E-state index >= 15 is 0 Å². The second-order valence-electron chi connectivity index (χ2n) is 5.75. The fourth-order valence-corrected chi connectivity index (χ4v) is 3.87. The highest BCUT2D eigenvalue weighted by Crippen LogP contribution is 2.45. The number of thiophene rings is 1. The third-order valence-corrected chi connectivity index (χ3v) is 5.11. The molecule has 0 radical (unpaired) electrons. The van der Waals surface area contributed by atoms with Gasteiger partial charge in [0.25, 0.3) is 0 Å². The molecule has 0 spiro atoms. The van der Waals surface area contributed by atoms with Crippen LogP contribution in [0.4, 0.5) is 0 Å². The molecule has 3 heteroatoms. The van der Waals surface area contributed by atoms with Gasteiger partial charge in [0.05, 0.1) is 0 Å². The van der Waals surface area contributed by atoms with Gasteiger partial charge in [-0.15, -0.1) is 0 Å². The highest BCUT2D eigenvalue weighted by molar-refractivity contribution is 9.10. The predicted octanol–water partition coefficient (Wildman–Crippen LogP) is 4.39. The Labute approximate surface area is 111 Å². The SMILES string of the molecule is CC(C)(C)NCC1CCC1c1cscc1Br. The number of nitrogens with one attached hydrogen (secondary N) is 1. The molecule has 0 aliphatic heterocycles. The fourth-order valence-electron chi connectivity index (χ4n) is 2.22. The molecule has 1 N–H and O–H groups in total. The molecule has 0 amide bonds. The Kier molecular flexibility index (Phi) is 3.77. The van der Waals surface area contributed by atoms with Crippen molar-refractivity contribution < 1.29 is 0 Å². The van der Waals surface area contributed by atoms with E-state index in [0.29, 0.717) is 0 Å². The number of rotatable bonds is 3. The second-order valence-corrected chi connectivity index (χ2v) is 7.35. The van der Waals surface area contributed by atoms with Gasteiger partial charge < -0.3 is 5.32 Å². The Bertz CT molecular complexity index is 353. The van der Waals surface area contributed by atoms with Crippen LogP contribution < -0.4 is 5.32 Å². The van der Waals surface area contributed by atoms with E-state index in [0.717, 1.165) is 18.4 Å². The van der Waals surface area contributed by atoms with Crippen LogP contribution in [0.15, 0.2) is 15.2 Å². The Balaban J connectivity index is 1.92. The Morgan fingerprint density at radius 3 is 2.56 bits per heavy atom. The first-order valence-corrected chi connectivity index (χ1v) is 7.67. The molecule has 16 heavy (non-hydrogen) atoms. The quantitative estimate of drug-likeness (QED) is 0.873. The van der Waals surface area contributed by atoms with Gasteiger partial charge in [-0.2, -0.15) is 11.3 Å². The van der Waals surface area contributed by atoms with Crippen molar-refractivity contribution in [3.05, 3.63) is 20.8 Å². The van der Waals surface area contributed by atoms with Crippen molar-refractivity contribution in [1.82, 2.24) is 5.32 Å². The molecule has 2 rings (SSSR count). The summed E-state index contributed by atoms with van der Waals surface area (Å²) in [6.45, 7) is 7.86. The van der Waals surface area contributed by atoms with Gasteiger partial charge in [0.1, 0.15) is 0 Å². The molecule has 0 bridgehead atoms. The van der Waals surface area contributed by atoms with Gasteiger partial charge in [0, 0.05) is 15.4 Å². The van der Waals surface area contributed by atoms with Crippen LogP contribution >= 0.6 is 27.3 Å². The monoisotopic (exact) mass is 301 g/mol. The first kappa shape index (κ1) is 12.6. The van der Waals surface area contributed by atoms with Crippen molar-refractivity contribution in [3.8, 4) is 0 Å². The number of hydrogen-bond acceptors (Lipinski definition) is 2. The summed E-state index contributed by atoms with van der Waals surface area (Å²) in [6.07, 6.45) is 2.72. The van der Waals surface area contributed by atoms with Crippen molar-refractivity contribution in [2.45, 2.75) is 45.1 Å². The van der Waals surface area contributed by atoms with Crippen LogP contribution in [-0.2, 0) is 0 Å².